The SMILES string of the molecule is Cn1nc(C2=C(c3cn(CCCn4ccnc4)c4ccc(F)cc34)C(=O)N(c3ccccc3)C2=O)c2cc3ncccc3nc21. The van der Waals surface area contributed by atoms with E-state index in [9.17, 15) is 14.0 Å². The fourth-order valence-corrected chi connectivity index (χ4v) is 6.15. The first-order valence-corrected chi connectivity index (χ1v) is 14.5. The number of imide groups is 1. The minimum Gasteiger partial charge on any atom is -0.347 e. The van der Waals surface area contributed by atoms with E-state index in [1.807, 2.05) is 39.7 Å². The molecule has 0 atom stereocenters. The topological polar surface area (TPSA) is 104 Å². The molecular formula is C34H25FN8O2. The first kappa shape index (κ1) is 26.6. The van der Waals surface area contributed by atoms with Gasteiger partial charge in [-0.25, -0.2) is 23.9 Å². The highest BCUT2D eigenvalue weighted by atomic mass is 19.1. The van der Waals surface area contributed by atoms with Crippen LogP contribution in [0.3, 0.4) is 0 Å². The zero-order chi connectivity index (χ0) is 30.7. The molecule has 10 nitrogen and oxygen atoms in total. The molecule has 7 aromatic rings. The standard InChI is InChI=1S/C34H25FN8O2/c1-40-32-24(18-27-26(38-32)9-5-12-37-27)31(39-40)30-29(33(44)43(34(30)45)22-7-3-2-4-8-22)25-19-42(15-6-14-41-16-13-36-20-41)28-11-10-21(35)17-23(25)28/h2-5,7-13,16-20H,6,14-15H2,1H3. The van der Waals surface area contributed by atoms with Crippen molar-refractivity contribution >= 4 is 61.6 Å². The van der Waals surface area contributed by atoms with Crippen LogP contribution in [0.2, 0.25) is 0 Å². The maximum absolute atomic E-state index is 14.8. The summed E-state index contributed by atoms with van der Waals surface area (Å²) in [5.74, 6) is -1.46. The van der Waals surface area contributed by atoms with Crippen molar-refractivity contribution in [1.29, 1.82) is 0 Å². The van der Waals surface area contributed by atoms with Crippen LogP contribution in [0.4, 0.5) is 10.1 Å². The number of nitrogens with zero attached hydrogens (tertiary/aromatic N) is 8. The number of para-hydroxylation sites is 1. The van der Waals surface area contributed by atoms with Crippen LogP contribution in [-0.4, -0.2) is 45.7 Å². The Hall–Kier alpha value is -5.97. The van der Waals surface area contributed by atoms with E-state index >= 15 is 0 Å². The Kier molecular flexibility index (Phi) is 6.12. The highest BCUT2D eigenvalue weighted by Gasteiger charge is 2.43. The summed E-state index contributed by atoms with van der Waals surface area (Å²) >= 11 is 0. The van der Waals surface area contributed by atoms with Gasteiger partial charge < -0.3 is 9.13 Å². The van der Waals surface area contributed by atoms with E-state index in [4.69, 9.17) is 10.1 Å². The maximum atomic E-state index is 14.8. The van der Waals surface area contributed by atoms with Crippen LogP contribution in [0.5, 0.6) is 0 Å². The molecule has 2 amide bonds. The largest absolute Gasteiger partial charge is 0.347 e. The van der Waals surface area contributed by atoms with Gasteiger partial charge in [0.2, 0.25) is 0 Å². The first-order chi connectivity index (χ1) is 22.0. The molecule has 0 aliphatic carbocycles. The minimum atomic E-state index is -0.514. The fraction of sp³-hybridized carbons (Fsp3) is 0.118. The highest BCUT2D eigenvalue weighted by Crippen LogP contribution is 2.42. The Balaban J connectivity index is 1.36. The third-order valence-electron chi connectivity index (χ3n) is 8.20. The number of carbonyl (C=O) groups excluding carboxylic acids is 2. The van der Waals surface area contributed by atoms with Crippen molar-refractivity contribution in [2.45, 2.75) is 19.5 Å². The van der Waals surface area contributed by atoms with E-state index in [0.717, 1.165) is 18.5 Å². The molecule has 1 aliphatic rings. The van der Waals surface area contributed by atoms with E-state index in [0.29, 0.717) is 50.9 Å². The zero-order valence-electron chi connectivity index (χ0n) is 24.1. The number of pyridine rings is 2. The Morgan fingerprint density at radius 2 is 1.69 bits per heavy atom. The molecule has 6 heterocycles. The zero-order valence-corrected chi connectivity index (χ0v) is 24.1. The second kappa shape index (κ2) is 10.3. The van der Waals surface area contributed by atoms with Gasteiger partial charge in [-0.05, 0) is 55.0 Å². The number of aryl methyl sites for hydroxylation is 3. The van der Waals surface area contributed by atoms with Crippen molar-refractivity contribution < 1.29 is 14.0 Å². The molecule has 0 spiro atoms. The van der Waals surface area contributed by atoms with Crippen molar-refractivity contribution in [3.8, 4) is 0 Å². The Morgan fingerprint density at radius 1 is 0.844 bits per heavy atom. The fourth-order valence-electron chi connectivity index (χ4n) is 6.15. The molecule has 8 rings (SSSR count). The van der Waals surface area contributed by atoms with Gasteiger partial charge in [-0.15, -0.1) is 0 Å². The van der Waals surface area contributed by atoms with Gasteiger partial charge in [-0.3, -0.25) is 14.6 Å². The van der Waals surface area contributed by atoms with Gasteiger partial charge in [-0.2, -0.15) is 5.10 Å². The van der Waals surface area contributed by atoms with Crippen LogP contribution in [0, 0.1) is 5.82 Å². The highest BCUT2D eigenvalue weighted by molar-refractivity contribution is 6.58. The summed E-state index contributed by atoms with van der Waals surface area (Å²) in [6.45, 7) is 1.33. The smallest absolute Gasteiger partial charge is 0.268 e. The molecule has 11 heteroatoms. The van der Waals surface area contributed by atoms with Crippen LogP contribution >= 0.6 is 0 Å². The van der Waals surface area contributed by atoms with E-state index in [2.05, 4.69) is 9.97 Å². The van der Waals surface area contributed by atoms with Gasteiger partial charge in [0.15, 0.2) is 5.65 Å². The molecule has 0 fully saturated rings. The van der Waals surface area contributed by atoms with Gasteiger partial charge in [0.1, 0.15) is 11.5 Å². The summed E-state index contributed by atoms with van der Waals surface area (Å²) in [6, 6.07) is 18.8. The normalized spacial score (nSPS) is 13.8. The number of aromatic nitrogens is 7. The van der Waals surface area contributed by atoms with Crippen molar-refractivity contribution in [1.82, 2.24) is 33.9 Å². The summed E-state index contributed by atoms with van der Waals surface area (Å²) in [4.78, 5) is 43.3. The van der Waals surface area contributed by atoms with Crippen molar-refractivity contribution in [2.24, 2.45) is 7.05 Å². The molecule has 220 valence electrons. The summed E-state index contributed by atoms with van der Waals surface area (Å²) in [6.07, 6.45) is 9.68. The average molecular weight is 597 g/mol. The molecule has 0 N–H and O–H groups in total. The number of benzene rings is 2. The quantitative estimate of drug-likeness (QED) is 0.229. The summed E-state index contributed by atoms with van der Waals surface area (Å²) in [7, 11) is 1.75. The predicted octanol–water partition coefficient (Wildman–Crippen LogP) is 5.38. The average Bonchev–Trinajstić information content (AvgIpc) is 3.82. The number of anilines is 1. The lowest BCUT2D eigenvalue weighted by atomic mass is 9.97. The monoisotopic (exact) mass is 596 g/mol. The Bertz CT molecular complexity index is 2320. The van der Waals surface area contributed by atoms with E-state index in [1.54, 1.807) is 66.8 Å². The van der Waals surface area contributed by atoms with Crippen LogP contribution in [-0.2, 0) is 29.7 Å². The molecule has 2 aromatic carbocycles. The minimum absolute atomic E-state index is 0.133. The van der Waals surface area contributed by atoms with Gasteiger partial charge in [0.05, 0.1) is 34.2 Å². The molecule has 0 unspecified atom stereocenters. The summed E-state index contributed by atoms with van der Waals surface area (Å²) in [5, 5.41) is 5.86. The number of imidazole rings is 1. The van der Waals surface area contributed by atoms with Gasteiger partial charge in [0, 0.05) is 66.8 Å². The third kappa shape index (κ3) is 4.31. The van der Waals surface area contributed by atoms with Gasteiger partial charge >= 0.3 is 0 Å². The summed E-state index contributed by atoms with van der Waals surface area (Å²) in [5.41, 5.74) is 4.12. The van der Waals surface area contributed by atoms with Crippen LogP contribution in [0.25, 0.3) is 44.1 Å². The molecule has 0 saturated heterocycles. The molecule has 0 saturated carbocycles. The molecule has 45 heavy (non-hydrogen) atoms. The molecular weight excluding hydrogens is 571 g/mol. The second-order valence-electron chi connectivity index (χ2n) is 11.0. The number of halogens is 1. The van der Waals surface area contributed by atoms with Gasteiger partial charge in [-0.1, -0.05) is 18.2 Å². The molecule has 1 aliphatic heterocycles. The Morgan fingerprint density at radius 3 is 2.51 bits per heavy atom. The van der Waals surface area contributed by atoms with Crippen molar-refractivity contribution in [2.75, 3.05) is 4.90 Å². The number of hydrogen-bond acceptors (Lipinski definition) is 6. The lowest BCUT2D eigenvalue weighted by Gasteiger charge is -2.14. The van der Waals surface area contributed by atoms with E-state index in [1.165, 1.54) is 17.0 Å². The number of fused-ring (bicyclic) bond motifs is 3. The molecule has 0 bridgehead atoms. The van der Waals surface area contributed by atoms with E-state index in [-0.39, 0.29) is 11.1 Å². The summed E-state index contributed by atoms with van der Waals surface area (Å²) < 4.78 is 20.4. The van der Waals surface area contributed by atoms with Crippen molar-refractivity contribution in [3.63, 3.8) is 0 Å². The number of rotatable bonds is 7. The first-order valence-electron chi connectivity index (χ1n) is 14.5. The predicted molar refractivity (Wildman–Crippen MR) is 168 cm³/mol. The van der Waals surface area contributed by atoms with E-state index < -0.39 is 17.6 Å². The van der Waals surface area contributed by atoms with Crippen LogP contribution in [0.1, 0.15) is 17.7 Å². The van der Waals surface area contributed by atoms with Crippen LogP contribution in [0.15, 0.2) is 97.8 Å². The second-order valence-corrected chi connectivity index (χ2v) is 11.0. The number of hydrogen-bond donors (Lipinski definition) is 0. The molecule has 5 aromatic heterocycles. The lowest BCUT2D eigenvalue weighted by Crippen LogP contribution is -2.31. The molecule has 0 radical (unpaired) electrons. The number of amides is 2. The number of carbonyl (C=O) groups is 2. The maximum Gasteiger partial charge on any atom is 0.268 e. The van der Waals surface area contributed by atoms with Crippen molar-refractivity contribution in [3.05, 3.63) is 115 Å². The van der Waals surface area contributed by atoms with Gasteiger partial charge in [0.25, 0.3) is 11.8 Å². The van der Waals surface area contributed by atoms with Crippen LogP contribution < -0.4 is 4.90 Å². The lowest BCUT2D eigenvalue weighted by molar-refractivity contribution is -0.119. The third-order valence-corrected chi connectivity index (χ3v) is 8.20. The Labute approximate surface area is 255 Å².